The summed E-state index contributed by atoms with van der Waals surface area (Å²) in [7, 11) is 1.65. The van der Waals surface area contributed by atoms with E-state index in [1.165, 1.54) is 5.01 Å². The number of rotatable bonds is 1. The zero-order valence-corrected chi connectivity index (χ0v) is 5.07. The van der Waals surface area contributed by atoms with Crippen molar-refractivity contribution >= 4 is 0 Å². The molecule has 1 radical (unpaired) electrons. The Morgan fingerprint density at radius 3 is 2.89 bits per heavy atom. The SMILES string of the molecule is CN1N[CH]CC1[N+](=O)[O-]. The molecule has 0 spiro atoms. The monoisotopic (exact) mass is 130 g/mol. The van der Waals surface area contributed by atoms with Crippen molar-refractivity contribution in [2.75, 3.05) is 7.05 Å². The van der Waals surface area contributed by atoms with Gasteiger partial charge in [-0.3, -0.25) is 10.1 Å². The summed E-state index contributed by atoms with van der Waals surface area (Å²) in [6.45, 7) is 1.67. The van der Waals surface area contributed by atoms with Crippen LogP contribution in [0.4, 0.5) is 0 Å². The van der Waals surface area contributed by atoms with Crippen molar-refractivity contribution in [2.24, 2.45) is 0 Å². The summed E-state index contributed by atoms with van der Waals surface area (Å²) in [4.78, 5) is 9.81. The molecule has 1 saturated heterocycles. The van der Waals surface area contributed by atoms with Gasteiger partial charge in [-0.25, -0.2) is 5.43 Å². The highest BCUT2D eigenvalue weighted by Gasteiger charge is 2.30. The van der Waals surface area contributed by atoms with Gasteiger partial charge in [-0.05, 0) is 0 Å². The van der Waals surface area contributed by atoms with Gasteiger partial charge in [0.25, 0.3) is 6.17 Å². The van der Waals surface area contributed by atoms with Gasteiger partial charge in [-0.1, -0.05) is 0 Å². The summed E-state index contributed by atoms with van der Waals surface area (Å²) < 4.78 is 0. The summed E-state index contributed by atoms with van der Waals surface area (Å²) >= 11 is 0. The van der Waals surface area contributed by atoms with Crippen LogP contribution in [0.25, 0.3) is 0 Å². The quantitative estimate of drug-likeness (QED) is 0.387. The predicted molar refractivity (Wildman–Crippen MR) is 30.6 cm³/mol. The lowest BCUT2D eigenvalue weighted by molar-refractivity contribution is -0.546. The van der Waals surface area contributed by atoms with Gasteiger partial charge in [0.1, 0.15) is 0 Å². The van der Waals surface area contributed by atoms with Crippen LogP contribution < -0.4 is 5.43 Å². The zero-order chi connectivity index (χ0) is 6.85. The molecule has 0 bridgehead atoms. The first-order valence-electron chi connectivity index (χ1n) is 2.66. The molecule has 1 N–H and O–H groups in total. The van der Waals surface area contributed by atoms with E-state index in [0.717, 1.165) is 0 Å². The Kier molecular flexibility index (Phi) is 1.63. The second-order valence-corrected chi connectivity index (χ2v) is 1.95. The van der Waals surface area contributed by atoms with Crippen molar-refractivity contribution < 1.29 is 4.92 Å². The first kappa shape index (κ1) is 6.44. The molecule has 51 valence electrons. The molecule has 0 aromatic heterocycles. The van der Waals surface area contributed by atoms with Gasteiger partial charge in [0.15, 0.2) is 0 Å². The smallest absolute Gasteiger partial charge is 0.263 e. The predicted octanol–water partition coefficient (Wildman–Crippen LogP) is -0.409. The highest BCUT2D eigenvalue weighted by molar-refractivity contribution is 4.73. The van der Waals surface area contributed by atoms with Crippen LogP contribution in [-0.4, -0.2) is 23.1 Å². The van der Waals surface area contributed by atoms with Crippen LogP contribution in [0, 0.1) is 16.7 Å². The normalized spacial score (nSPS) is 28.8. The van der Waals surface area contributed by atoms with Crippen molar-refractivity contribution in [1.82, 2.24) is 10.4 Å². The average molecular weight is 130 g/mol. The van der Waals surface area contributed by atoms with Gasteiger partial charge in [0.05, 0.1) is 0 Å². The molecule has 1 aliphatic heterocycles. The Labute approximate surface area is 52.8 Å². The van der Waals surface area contributed by atoms with E-state index < -0.39 is 6.17 Å². The number of nitrogens with one attached hydrogen (secondary N) is 1. The van der Waals surface area contributed by atoms with Crippen molar-refractivity contribution in [1.29, 1.82) is 0 Å². The van der Waals surface area contributed by atoms with E-state index in [-0.39, 0.29) is 4.92 Å². The molecule has 1 heterocycles. The molecule has 1 unspecified atom stereocenters. The Morgan fingerprint density at radius 1 is 2.00 bits per heavy atom. The molecule has 1 fully saturated rings. The number of hydrogen-bond acceptors (Lipinski definition) is 4. The van der Waals surface area contributed by atoms with Crippen molar-refractivity contribution in [2.45, 2.75) is 12.6 Å². The lowest BCUT2D eigenvalue weighted by Gasteiger charge is -2.09. The van der Waals surface area contributed by atoms with E-state index >= 15 is 0 Å². The number of nitro groups is 1. The van der Waals surface area contributed by atoms with Gasteiger partial charge in [0, 0.05) is 24.9 Å². The van der Waals surface area contributed by atoms with Crippen LogP contribution in [0.15, 0.2) is 0 Å². The molecule has 5 nitrogen and oxygen atoms in total. The molecule has 0 saturated carbocycles. The lowest BCUT2D eigenvalue weighted by atomic mass is 10.4. The van der Waals surface area contributed by atoms with E-state index in [9.17, 15) is 10.1 Å². The number of hydrazine groups is 1. The Morgan fingerprint density at radius 2 is 2.67 bits per heavy atom. The summed E-state index contributed by atoms with van der Waals surface area (Å²) in [6.07, 6.45) is -0.103. The fourth-order valence-electron chi connectivity index (χ4n) is 0.774. The van der Waals surface area contributed by atoms with E-state index in [0.29, 0.717) is 6.42 Å². The maximum Gasteiger partial charge on any atom is 0.281 e. The molecule has 0 aromatic rings. The van der Waals surface area contributed by atoms with Gasteiger partial charge in [0.2, 0.25) is 0 Å². The molecule has 0 amide bonds. The second kappa shape index (κ2) is 2.28. The molecular formula is C4H8N3O2. The van der Waals surface area contributed by atoms with E-state index in [2.05, 4.69) is 5.43 Å². The summed E-state index contributed by atoms with van der Waals surface area (Å²) in [5.41, 5.74) is 2.72. The minimum absolute atomic E-state index is 0.309. The van der Waals surface area contributed by atoms with E-state index in [4.69, 9.17) is 0 Å². The lowest BCUT2D eigenvalue weighted by Crippen LogP contribution is -2.37. The maximum absolute atomic E-state index is 10.1. The Bertz CT molecular complexity index is 127. The molecule has 1 rings (SSSR count). The van der Waals surface area contributed by atoms with Gasteiger partial charge >= 0.3 is 0 Å². The van der Waals surface area contributed by atoms with Crippen LogP contribution in [-0.2, 0) is 0 Å². The molecular weight excluding hydrogens is 122 g/mol. The van der Waals surface area contributed by atoms with Gasteiger partial charge in [-0.2, -0.15) is 5.01 Å². The average Bonchev–Trinajstić information content (AvgIpc) is 2.13. The molecule has 1 atom stereocenters. The van der Waals surface area contributed by atoms with Crippen molar-refractivity contribution in [3.05, 3.63) is 16.7 Å². The van der Waals surface area contributed by atoms with Crippen LogP contribution >= 0.6 is 0 Å². The first-order chi connectivity index (χ1) is 4.22. The number of nitrogens with zero attached hydrogens (tertiary/aromatic N) is 2. The Hall–Kier alpha value is -0.680. The zero-order valence-electron chi connectivity index (χ0n) is 5.07. The largest absolute Gasteiger partial charge is 0.281 e. The fourth-order valence-corrected chi connectivity index (χ4v) is 0.774. The molecule has 5 heteroatoms. The highest BCUT2D eigenvalue weighted by atomic mass is 16.6. The topological polar surface area (TPSA) is 58.4 Å². The van der Waals surface area contributed by atoms with Crippen LogP contribution in [0.1, 0.15) is 6.42 Å². The molecule has 9 heavy (non-hydrogen) atoms. The minimum atomic E-state index is -0.579. The summed E-state index contributed by atoms with van der Waals surface area (Å²) in [6, 6.07) is 0. The van der Waals surface area contributed by atoms with E-state index in [1.807, 2.05) is 0 Å². The third-order valence-corrected chi connectivity index (χ3v) is 1.31. The first-order valence-corrected chi connectivity index (χ1v) is 2.66. The fraction of sp³-hybridized carbons (Fsp3) is 0.750. The van der Waals surface area contributed by atoms with Crippen molar-refractivity contribution in [3.63, 3.8) is 0 Å². The molecule has 1 aliphatic rings. The summed E-state index contributed by atoms with van der Waals surface area (Å²) in [5.74, 6) is 0. The van der Waals surface area contributed by atoms with Crippen LogP contribution in [0.2, 0.25) is 0 Å². The number of hydrogen-bond donors (Lipinski definition) is 1. The van der Waals surface area contributed by atoms with E-state index in [1.54, 1.807) is 13.6 Å². The third kappa shape index (κ3) is 1.17. The Balaban J connectivity index is 2.49. The molecule has 0 aromatic carbocycles. The third-order valence-electron chi connectivity index (χ3n) is 1.31. The summed E-state index contributed by atoms with van der Waals surface area (Å²) in [5, 5.41) is 11.6. The maximum atomic E-state index is 10.1. The standard InChI is InChI=1S/C4H8N3O2/c1-6-4(7(8)9)2-3-5-6/h3-5H,2H2,1H3. The minimum Gasteiger partial charge on any atom is -0.263 e. The van der Waals surface area contributed by atoms with Crippen LogP contribution in [0.5, 0.6) is 0 Å². The van der Waals surface area contributed by atoms with Gasteiger partial charge in [-0.15, -0.1) is 0 Å². The molecule has 0 aliphatic carbocycles. The van der Waals surface area contributed by atoms with Gasteiger partial charge < -0.3 is 0 Å². The second-order valence-electron chi connectivity index (χ2n) is 1.95. The van der Waals surface area contributed by atoms with Crippen LogP contribution in [0.3, 0.4) is 0 Å². The van der Waals surface area contributed by atoms with Crippen molar-refractivity contribution in [3.8, 4) is 0 Å². The highest BCUT2D eigenvalue weighted by Crippen LogP contribution is 2.08.